The summed E-state index contributed by atoms with van der Waals surface area (Å²) < 4.78 is 24.5. The predicted molar refractivity (Wildman–Crippen MR) is 55.0 cm³/mol. The molecule has 0 spiro atoms. The second kappa shape index (κ2) is 4.94. The zero-order valence-electron chi connectivity index (χ0n) is 8.50. The lowest BCUT2D eigenvalue weighted by atomic mass is 10.2. The first-order valence-corrected chi connectivity index (χ1v) is 4.82. The van der Waals surface area contributed by atoms with Crippen molar-refractivity contribution in [2.45, 2.75) is 20.3 Å². The van der Waals surface area contributed by atoms with Crippen LogP contribution in [-0.4, -0.2) is 13.1 Å². The minimum Gasteiger partial charge on any atom is -0.372 e. The van der Waals surface area contributed by atoms with Crippen molar-refractivity contribution in [1.29, 1.82) is 0 Å². The number of hydrogen-bond acceptors (Lipinski definition) is 1. The highest BCUT2D eigenvalue weighted by atomic mass is 19.3. The summed E-state index contributed by atoms with van der Waals surface area (Å²) in [4.78, 5) is 2.12. The molecule has 0 aliphatic rings. The Morgan fingerprint density at radius 1 is 1.07 bits per heavy atom. The Morgan fingerprint density at radius 3 is 1.93 bits per heavy atom. The van der Waals surface area contributed by atoms with Gasteiger partial charge in [-0.3, -0.25) is 0 Å². The first-order valence-electron chi connectivity index (χ1n) is 4.82. The molecule has 1 nitrogen and oxygen atoms in total. The van der Waals surface area contributed by atoms with Crippen LogP contribution >= 0.6 is 0 Å². The molecule has 0 saturated carbocycles. The third-order valence-electron chi connectivity index (χ3n) is 2.27. The largest absolute Gasteiger partial charge is 0.372 e. The van der Waals surface area contributed by atoms with Gasteiger partial charge in [0.2, 0.25) is 0 Å². The van der Waals surface area contributed by atoms with Crippen LogP contribution in [0.5, 0.6) is 0 Å². The van der Waals surface area contributed by atoms with Gasteiger partial charge in [0, 0.05) is 24.3 Å². The van der Waals surface area contributed by atoms with E-state index in [2.05, 4.69) is 4.90 Å². The molecule has 0 atom stereocenters. The zero-order valence-corrected chi connectivity index (χ0v) is 8.50. The van der Waals surface area contributed by atoms with E-state index in [0.717, 1.165) is 18.8 Å². The molecule has 0 fully saturated rings. The van der Waals surface area contributed by atoms with E-state index in [0.29, 0.717) is 0 Å². The molecular weight excluding hydrogens is 184 g/mol. The summed E-state index contributed by atoms with van der Waals surface area (Å²) in [5.74, 6) is 0. The molecule has 1 aromatic rings. The Hall–Kier alpha value is -1.12. The number of hydrogen-bond donors (Lipinski definition) is 0. The Bertz CT molecular complexity index is 265. The van der Waals surface area contributed by atoms with E-state index in [1.54, 1.807) is 12.1 Å². The fourth-order valence-electron chi connectivity index (χ4n) is 1.42. The van der Waals surface area contributed by atoms with E-state index >= 15 is 0 Å². The van der Waals surface area contributed by atoms with Gasteiger partial charge in [0.05, 0.1) is 0 Å². The summed E-state index contributed by atoms with van der Waals surface area (Å²) in [5.41, 5.74) is 1.08. The molecule has 0 aliphatic heterocycles. The van der Waals surface area contributed by atoms with Crippen molar-refractivity contribution in [2.75, 3.05) is 18.0 Å². The van der Waals surface area contributed by atoms with Gasteiger partial charge in [-0.2, -0.15) is 0 Å². The van der Waals surface area contributed by atoms with Crippen LogP contribution in [0.25, 0.3) is 0 Å². The molecule has 1 aromatic carbocycles. The number of nitrogens with zero attached hydrogens (tertiary/aromatic N) is 1. The third-order valence-corrected chi connectivity index (χ3v) is 2.27. The van der Waals surface area contributed by atoms with Crippen LogP contribution in [0.15, 0.2) is 24.3 Å². The number of anilines is 1. The molecule has 14 heavy (non-hydrogen) atoms. The Morgan fingerprint density at radius 2 is 1.57 bits per heavy atom. The highest BCUT2D eigenvalue weighted by Crippen LogP contribution is 2.22. The lowest BCUT2D eigenvalue weighted by molar-refractivity contribution is 0.151. The van der Waals surface area contributed by atoms with Crippen LogP contribution in [0.3, 0.4) is 0 Å². The van der Waals surface area contributed by atoms with Crippen molar-refractivity contribution in [2.24, 2.45) is 0 Å². The van der Waals surface area contributed by atoms with Gasteiger partial charge in [0.1, 0.15) is 0 Å². The van der Waals surface area contributed by atoms with Crippen LogP contribution < -0.4 is 4.90 Å². The van der Waals surface area contributed by atoms with Crippen molar-refractivity contribution in [1.82, 2.24) is 0 Å². The molecule has 0 unspecified atom stereocenters. The summed E-state index contributed by atoms with van der Waals surface area (Å²) >= 11 is 0. The average molecular weight is 199 g/mol. The monoisotopic (exact) mass is 199 g/mol. The standard InChI is InChI=1S/C11H15F2N/c1-3-14(4-2)10-7-5-9(6-8-10)11(12)13/h5-8,11H,3-4H2,1-2H3. The highest BCUT2D eigenvalue weighted by Gasteiger charge is 2.07. The Balaban J connectivity index is 2.81. The summed E-state index contributed by atoms with van der Waals surface area (Å²) in [7, 11) is 0. The van der Waals surface area contributed by atoms with E-state index in [-0.39, 0.29) is 5.56 Å². The molecule has 1 rings (SSSR count). The van der Waals surface area contributed by atoms with Crippen LogP contribution in [0, 0.1) is 0 Å². The van der Waals surface area contributed by atoms with Gasteiger partial charge in [0.15, 0.2) is 0 Å². The van der Waals surface area contributed by atoms with Gasteiger partial charge in [-0.05, 0) is 26.0 Å². The molecule has 0 N–H and O–H groups in total. The average Bonchev–Trinajstić information content (AvgIpc) is 2.20. The van der Waals surface area contributed by atoms with Crippen molar-refractivity contribution in [3.8, 4) is 0 Å². The van der Waals surface area contributed by atoms with Crippen molar-refractivity contribution < 1.29 is 8.78 Å². The second-order valence-electron chi connectivity index (χ2n) is 3.06. The summed E-state index contributed by atoms with van der Waals surface area (Å²) in [5, 5.41) is 0. The molecule has 3 heteroatoms. The lowest BCUT2D eigenvalue weighted by Crippen LogP contribution is -2.21. The maximum atomic E-state index is 12.3. The topological polar surface area (TPSA) is 3.24 Å². The zero-order chi connectivity index (χ0) is 10.6. The normalized spacial score (nSPS) is 10.6. The Kier molecular flexibility index (Phi) is 3.86. The van der Waals surface area contributed by atoms with E-state index < -0.39 is 6.43 Å². The van der Waals surface area contributed by atoms with Gasteiger partial charge in [-0.25, -0.2) is 8.78 Å². The molecule has 0 radical (unpaired) electrons. The van der Waals surface area contributed by atoms with Gasteiger partial charge in [-0.15, -0.1) is 0 Å². The minimum atomic E-state index is -2.37. The number of benzene rings is 1. The molecule has 78 valence electrons. The molecular formula is C11H15F2N. The van der Waals surface area contributed by atoms with Crippen molar-refractivity contribution in [3.05, 3.63) is 29.8 Å². The van der Waals surface area contributed by atoms with Crippen LogP contribution in [-0.2, 0) is 0 Å². The molecule has 0 bridgehead atoms. The quantitative estimate of drug-likeness (QED) is 0.717. The van der Waals surface area contributed by atoms with E-state index in [1.165, 1.54) is 12.1 Å². The van der Waals surface area contributed by atoms with Crippen molar-refractivity contribution >= 4 is 5.69 Å². The maximum absolute atomic E-state index is 12.3. The maximum Gasteiger partial charge on any atom is 0.263 e. The molecule has 0 aliphatic carbocycles. The summed E-state index contributed by atoms with van der Waals surface area (Å²) in [6.07, 6.45) is -2.37. The fraction of sp³-hybridized carbons (Fsp3) is 0.455. The molecule has 0 saturated heterocycles. The van der Waals surface area contributed by atoms with E-state index in [9.17, 15) is 8.78 Å². The highest BCUT2D eigenvalue weighted by molar-refractivity contribution is 5.47. The van der Waals surface area contributed by atoms with Crippen LogP contribution in [0.4, 0.5) is 14.5 Å². The fourth-order valence-corrected chi connectivity index (χ4v) is 1.42. The van der Waals surface area contributed by atoms with Crippen molar-refractivity contribution in [3.63, 3.8) is 0 Å². The number of rotatable bonds is 4. The summed E-state index contributed by atoms with van der Waals surface area (Å²) in [6, 6.07) is 6.46. The van der Waals surface area contributed by atoms with E-state index in [4.69, 9.17) is 0 Å². The predicted octanol–water partition coefficient (Wildman–Crippen LogP) is 3.47. The smallest absolute Gasteiger partial charge is 0.263 e. The lowest BCUT2D eigenvalue weighted by Gasteiger charge is -2.21. The van der Waals surface area contributed by atoms with Crippen LogP contribution in [0.1, 0.15) is 25.8 Å². The molecule has 0 aromatic heterocycles. The summed E-state index contributed by atoms with van der Waals surface area (Å²) in [6.45, 7) is 5.88. The Labute approximate surface area is 83.3 Å². The molecule has 0 amide bonds. The molecule has 0 heterocycles. The van der Waals surface area contributed by atoms with Crippen LogP contribution in [0.2, 0.25) is 0 Å². The van der Waals surface area contributed by atoms with Gasteiger partial charge in [-0.1, -0.05) is 12.1 Å². The first-order chi connectivity index (χ1) is 6.69. The number of halogens is 2. The second-order valence-corrected chi connectivity index (χ2v) is 3.06. The third kappa shape index (κ3) is 2.44. The first kappa shape index (κ1) is 11.0. The van der Waals surface area contributed by atoms with Gasteiger partial charge in [0.25, 0.3) is 6.43 Å². The number of alkyl halides is 2. The minimum absolute atomic E-state index is 0.0842. The van der Waals surface area contributed by atoms with E-state index in [1.807, 2.05) is 13.8 Å². The van der Waals surface area contributed by atoms with Gasteiger partial charge < -0.3 is 4.90 Å². The van der Waals surface area contributed by atoms with Gasteiger partial charge >= 0.3 is 0 Å². The SMILES string of the molecule is CCN(CC)c1ccc(C(F)F)cc1.